The summed E-state index contributed by atoms with van der Waals surface area (Å²) >= 11 is 0. The predicted octanol–water partition coefficient (Wildman–Crippen LogP) is 22.9. The number of aryl methyl sites for hydroxylation is 2. The minimum atomic E-state index is -0.140. The van der Waals surface area contributed by atoms with E-state index >= 15 is 0 Å². The van der Waals surface area contributed by atoms with Gasteiger partial charge in [-0.05, 0) is 153 Å². The molecule has 2 unspecified atom stereocenters. The molecule has 0 radical (unpaired) electrons. The molecule has 2 atom stereocenters. The summed E-state index contributed by atoms with van der Waals surface area (Å²) in [6, 6.07) is 92.4. The Hall–Kier alpha value is -8.00. The highest BCUT2D eigenvalue weighted by Gasteiger charge is 2.43. The van der Waals surface area contributed by atoms with Crippen molar-refractivity contribution in [1.82, 2.24) is 0 Å². The molecule has 0 saturated carbocycles. The maximum atomic E-state index is 2.68. The first kappa shape index (κ1) is 54.9. The summed E-state index contributed by atoms with van der Waals surface area (Å²) in [4.78, 5) is 2.49. The highest BCUT2D eigenvalue weighted by molar-refractivity contribution is 5.87. The summed E-state index contributed by atoms with van der Waals surface area (Å²) in [5, 5.41) is 0. The molecule has 0 saturated heterocycles. The minimum Gasteiger partial charge on any atom is -0.310 e. The first-order chi connectivity index (χ1) is 39.7. The SMILES string of the molecule is CCCCCCC1(CCCCCC)c2cc(C(c3ccc(-c4ccccc4)cc3)c3ccc(-c4ccc(C(C)(CC)c5ccc(C)cc5)cc4)cc3)ccc2-c2ccc(N(c3ccc(C)cc3)c3ccc(-c4ccccc4)cc3)cc21. The van der Waals surface area contributed by atoms with Crippen molar-refractivity contribution in [3.8, 4) is 44.5 Å². The standard InChI is InChI=1S/C80H81N/c1-7-10-12-20-54-80(55-21-13-11-8-2)76-56-68(42-52-74(76)75-53-51-73(57-77(75)80)81(71-47-28-59(5)29-48-71)72-49-40-65(41-50-72)61-24-18-15-19-25-61)78(66-34-30-62(31-35-66)60-22-16-14-17-23-60)67-36-32-63(33-37-67)64-38-45-70(46-39-64)79(6,9-3)69-43-26-58(4)27-44-69/h14-19,22-53,56-57,78H,7-13,20-21,54-55H2,1-6H3. The van der Waals surface area contributed by atoms with Crippen LogP contribution in [0.4, 0.5) is 17.1 Å². The lowest BCUT2D eigenvalue weighted by molar-refractivity contribution is 0.401. The zero-order valence-corrected chi connectivity index (χ0v) is 48.9. The van der Waals surface area contributed by atoms with E-state index in [-0.39, 0.29) is 16.7 Å². The molecule has 0 aromatic heterocycles. The quantitative estimate of drug-likeness (QED) is 0.0483. The van der Waals surface area contributed by atoms with Crippen LogP contribution in [0.2, 0.25) is 0 Å². The fraction of sp³-hybridized carbons (Fsp3) is 0.250. The van der Waals surface area contributed by atoms with Crippen molar-refractivity contribution in [2.24, 2.45) is 0 Å². The van der Waals surface area contributed by atoms with Gasteiger partial charge >= 0.3 is 0 Å². The normalized spacial score (nSPS) is 13.5. The highest BCUT2D eigenvalue weighted by atomic mass is 15.1. The average Bonchev–Trinajstić information content (AvgIpc) is 3.20. The molecule has 0 spiro atoms. The molecule has 10 aromatic carbocycles. The van der Waals surface area contributed by atoms with Crippen molar-refractivity contribution in [2.45, 2.75) is 129 Å². The van der Waals surface area contributed by atoms with Crippen molar-refractivity contribution >= 4 is 17.1 Å². The zero-order valence-electron chi connectivity index (χ0n) is 48.9. The van der Waals surface area contributed by atoms with E-state index in [9.17, 15) is 0 Å². The second-order valence-electron chi connectivity index (χ2n) is 23.5. The Morgan fingerprint density at radius 2 is 0.728 bits per heavy atom. The Balaban J connectivity index is 1.02. The molecule has 81 heavy (non-hydrogen) atoms. The average molecular weight is 1060 g/mol. The lowest BCUT2D eigenvalue weighted by Gasteiger charge is -2.35. The van der Waals surface area contributed by atoms with Crippen LogP contribution in [0.3, 0.4) is 0 Å². The summed E-state index contributed by atoms with van der Waals surface area (Å²) in [5.74, 6) is 0.0318. The minimum absolute atomic E-state index is 0.0318. The summed E-state index contributed by atoms with van der Waals surface area (Å²) in [6.07, 6.45) is 13.2. The topological polar surface area (TPSA) is 3.24 Å². The number of benzene rings is 10. The Morgan fingerprint density at radius 3 is 1.20 bits per heavy atom. The van der Waals surface area contributed by atoms with Gasteiger partial charge in [0.1, 0.15) is 0 Å². The van der Waals surface area contributed by atoms with E-state index in [1.807, 2.05) is 0 Å². The fourth-order valence-electron chi connectivity index (χ4n) is 13.2. The second-order valence-corrected chi connectivity index (χ2v) is 23.5. The van der Waals surface area contributed by atoms with Gasteiger partial charge < -0.3 is 4.90 Å². The van der Waals surface area contributed by atoms with Gasteiger partial charge in [-0.25, -0.2) is 0 Å². The van der Waals surface area contributed by atoms with E-state index < -0.39 is 0 Å². The molecule has 1 aliphatic carbocycles. The Labute approximate surface area is 485 Å². The van der Waals surface area contributed by atoms with Crippen LogP contribution in [0.1, 0.15) is 154 Å². The summed E-state index contributed by atoms with van der Waals surface area (Å²) in [7, 11) is 0. The van der Waals surface area contributed by atoms with Crippen LogP contribution in [0.5, 0.6) is 0 Å². The molecule has 406 valence electrons. The molecule has 0 aliphatic heterocycles. The molecule has 1 nitrogen and oxygen atoms in total. The number of rotatable bonds is 22. The maximum Gasteiger partial charge on any atom is 0.0465 e. The third-order valence-corrected chi connectivity index (χ3v) is 18.2. The smallest absolute Gasteiger partial charge is 0.0465 e. The Morgan fingerprint density at radius 1 is 0.358 bits per heavy atom. The van der Waals surface area contributed by atoms with Crippen LogP contribution < -0.4 is 4.90 Å². The lowest BCUT2D eigenvalue weighted by atomic mass is 9.69. The van der Waals surface area contributed by atoms with Crippen LogP contribution in [-0.4, -0.2) is 0 Å². The van der Waals surface area contributed by atoms with E-state index in [0.717, 1.165) is 24.9 Å². The van der Waals surface area contributed by atoms with E-state index in [4.69, 9.17) is 0 Å². The van der Waals surface area contributed by atoms with E-state index in [1.165, 1.54) is 157 Å². The molecular formula is C80H81N. The van der Waals surface area contributed by atoms with E-state index in [0.29, 0.717) is 0 Å². The number of unbranched alkanes of at least 4 members (excludes halogenated alkanes) is 6. The largest absolute Gasteiger partial charge is 0.310 e. The number of hydrogen-bond donors (Lipinski definition) is 0. The predicted molar refractivity (Wildman–Crippen MR) is 348 cm³/mol. The van der Waals surface area contributed by atoms with Gasteiger partial charge in [0.15, 0.2) is 0 Å². The molecule has 11 rings (SSSR count). The number of anilines is 3. The zero-order chi connectivity index (χ0) is 55.8. The lowest BCUT2D eigenvalue weighted by Crippen LogP contribution is -2.26. The molecule has 0 fully saturated rings. The molecule has 0 N–H and O–H groups in total. The molecular weight excluding hydrogens is 975 g/mol. The summed E-state index contributed by atoms with van der Waals surface area (Å²) in [6.45, 7) is 13.7. The van der Waals surface area contributed by atoms with Crippen LogP contribution in [-0.2, 0) is 10.8 Å². The van der Waals surface area contributed by atoms with Gasteiger partial charge in [0.25, 0.3) is 0 Å². The Bertz CT molecular complexity index is 3620. The number of hydrogen-bond acceptors (Lipinski definition) is 1. The van der Waals surface area contributed by atoms with Crippen LogP contribution in [0.15, 0.2) is 243 Å². The molecule has 10 aromatic rings. The van der Waals surface area contributed by atoms with Gasteiger partial charge in [0, 0.05) is 33.8 Å². The van der Waals surface area contributed by atoms with Crippen LogP contribution in [0, 0.1) is 13.8 Å². The fourth-order valence-corrected chi connectivity index (χ4v) is 13.2. The van der Waals surface area contributed by atoms with Crippen molar-refractivity contribution in [1.29, 1.82) is 0 Å². The van der Waals surface area contributed by atoms with E-state index in [1.54, 1.807) is 0 Å². The van der Waals surface area contributed by atoms with Gasteiger partial charge in [0.2, 0.25) is 0 Å². The van der Waals surface area contributed by atoms with Gasteiger partial charge in [-0.3, -0.25) is 0 Å². The van der Waals surface area contributed by atoms with E-state index in [2.05, 4.69) is 289 Å². The van der Waals surface area contributed by atoms with Crippen LogP contribution >= 0.6 is 0 Å². The first-order valence-corrected chi connectivity index (χ1v) is 30.4. The molecule has 0 bridgehead atoms. The second kappa shape index (κ2) is 24.8. The monoisotopic (exact) mass is 1060 g/mol. The van der Waals surface area contributed by atoms with Crippen LogP contribution in [0.25, 0.3) is 44.5 Å². The Kier molecular flexibility index (Phi) is 16.8. The molecule has 0 heterocycles. The highest BCUT2D eigenvalue weighted by Crippen LogP contribution is 2.57. The molecule has 1 heteroatoms. The number of fused-ring (bicyclic) bond motifs is 3. The third-order valence-electron chi connectivity index (χ3n) is 18.2. The summed E-state index contributed by atoms with van der Waals surface area (Å²) in [5.41, 5.74) is 25.8. The van der Waals surface area contributed by atoms with Gasteiger partial charge in [-0.15, -0.1) is 0 Å². The van der Waals surface area contributed by atoms with Gasteiger partial charge in [0.05, 0.1) is 0 Å². The summed E-state index contributed by atoms with van der Waals surface area (Å²) < 4.78 is 0. The first-order valence-electron chi connectivity index (χ1n) is 30.4. The van der Waals surface area contributed by atoms with Crippen molar-refractivity contribution in [3.63, 3.8) is 0 Å². The van der Waals surface area contributed by atoms with Crippen molar-refractivity contribution in [3.05, 3.63) is 293 Å². The van der Waals surface area contributed by atoms with Gasteiger partial charge in [-0.2, -0.15) is 0 Å². The number of nitrogens with zero attached hydrogens (tertiary/aromatic N) is 1. The van der Waals surface area contributed by atoms with Crippen molar-refractivity contribution < 1.29 is 0 Å². The third kappa shape index (κ3) is 11.5. The maximum absolute atomic E-state index is 2.68. The molecule has 1 aliphatic rings. The van der Waals surface area contributed by atoms with Gasteiger partial charge in [-0.1, -0.05) is 296 Å². The van der Waals surface area contributed by atoms with Crippen molar-refractivity contribution in [2.75, 3.05) is 4.90 Å². The molecule has 0 amide bonds.